The van der Waals surface area contributed by atoms with Gasteiger partial charge in [0, 0.05) is 24.6 Å². The Kier molecular flexibility index (Phi) is 7.13. The second kappa shape index (κ2) is 9.67. The van der Waals surface area contributed by atoms with E-state index in [1.54, 1.807) is 44.2 Å². The standard InChI is InChI=1S/C22H26N4O6S/c1-22(2,25-21(28)14-7-8-24-16(9-14)10-17(27)11-31-3)13-32-18-6-4-5-15-12-33(29,30)26-20(23)19(15)18/h4-9H,10-13H2,1-3H3,(H2,23,26)(H,25,28). The molecule has 1 aliphatic heterocycles. The molecule has 1 aliphatic rings. The maximum absolute atomic E-state index is 12.8. The molecule has 0 radical (unpaired) electrons. The van der Waals surface area contributed by atoms with E-state index >= 15 is 0 Å². The minimum Gasteiger partial charge on any atom is -0.490 e. The molecule has 176 valence electrons. The van der Waals surface area contributed by atoms with Gasteiger partial charge in [0.15, 0.2) is 5.78 Å². The molecular formula is C22H26N4O6S. The van der Waals surface area contributed by atoms with Crippen LogP contribution in [0.15, 0.2) is 40.9 Å². The zero-order chi connectivity index (χ0) is 24.2. The molecule has 11 heteroatoms. The molecule has 33 heavy (non-hydrogen) atoms. The average molecular weight is 475 g/mol. The third-order valence-electron chi connectivity index (χ3n) is 4.75. The van der Waals surface area contributed by atoms with Crippen molar-refractivity contribution in [2.45, 2.75) is 31.6 Å². The van der Waals surface area contributed by atoms with Crippen molar-refractivity contribution in [2.75, 3.05) is 20.3 Å². The second-order valence-electron chi connectivity index (χ2n) is 8.30. The highest BCUT2D eigenvalue weighted by molar-refractivity contribution is 7.89. The first-order chi connectivity index (χ1) is 15.5. The summed E-state index contributed by atoms with van der Waals surface area (Å²) < 4.78 is 38.0. The summed E-state index contributed by atoms with van der Waals surface area (Å²) in [5, 5.41) is 2.89. The largest absolute Gasteiger partial charge is 0.490 e. The molecule has 0 unspecified atom stereocenters. The molecule has 2 aromatic rings. The van der Waals surface area contributed by atoms with Crippen molar-refractivity contribution < 1.29 is 27.5 Å². The van der Waals surface area contributed by atoms with E-state index in [1.807, 2.05) is 0 Å². The molecule has 10 nitrogen and oxygen atoms in total. The first-order valence-electron chi connectivity index (χ1n) is 10.1. The monoisotopic (exact) mass is 474 g/mol. The van der Waals surface area contributed by atoms with Gasteiger partial charge in [-0.05, 0) is 37.6 Å². The van der Waals surface area contributed by atoms with E-state index in [0.29, 0.717) is 28.1 Å². The van der Waals surface area contributed by atoms with Crippen LogP contribution in [0.4, 0.5) is 0 Å². The summed E-state index contributed by atoms with van der Waals surface area (Å²) in [5.74, 6) is -0.487. The van der Waals surface area contributed by atoms with Crippen LogP contribution in [0.5, 0.6) is 5.75 Å². The number of hydrogen-bond acceptors (Lipinski definition) is 8. The number of pyridine rings is 1. The minimum atomic E-state index is -3.65. The Morgan fingerprint density at radius 2 is 2.00 bits per heavy atom. The van der Waals surface area contributed by atoms with Crippen LogP contribution in [-0.2, 0) is 31.7 Å². The van der Waals surface area contributed by atoms with E-state index in [-0.39, 0.29) is 42.9 Å². The van der Waals surface area contributed by atoms with Gasteiger partial charge in [-0.1, -0.05) is 12.1 Å². The summed E-state index contributed by atoms with van der Waals surface area (Å²) in [6.45, 7) is 3.63. The van der Waals surface area contributed by atoms with E-state index in [1.165, 1.54) is 13.3 Å². The molecule has 0 aliphatic carbocycles. The van der Waals surface area contributed by atoms with Crippen LogP contribution < -0.4 is 15.8 Å². The van der Waals surface area contributed by atoms with Crippen molar-refractivity contribution >= 4 is 27.5 Å². The molecule has 1 amide bonds. The molecule has 0 fully saturated rings. The third kappa shape index (κ3) is 6.36. The number of carbonyl (C=O) groups excluding carboxylic acids is 2. The van der Waals surface area contributed by atoms with Crippen LogP contribution in [-0.4, -0.2) is 56.8 Å². The number of hydrogen-bond donors (Lipinski definition) is 2. The topological polar surface area (TPSA) is 150 Å². The fourth-order valence-corrected chi connectivity index (χ4v) is 4.43. The van der Waals surface area contributed by atoms with Gasteiger partial charge in [0.25, 0.3) is 15.9 Å². The summed E-state index contributed by atoms with van der Waals surface area (Å²) in [5.41, 5.74) is 6.86. The van der Waals surface area contributed by atoms with Gasteiger partial charge >= 0.3 is 0 Å². The van der Waals surface area contributed by atoms with Crippen LogP contribution >= 0.6 is 0 Å². The van der Waals surface area contributed by atoms with Crippen LogP contribution in [0.2, 0.25) is 0 Å². The van der Waals surface area contributed by atoms with Gasteiger partial charge in [0.05, 0.1) is 23.3 Å². The number of nitrogens with one attached hydrogen (secondary N) is 1. The van der Waals surface area contributed by atoms with E-state index in [4.69, 9.17) is 15.2 Å². The van der Waals surface area contributed by atoms with Crippen molar-refractivity contribution in [2.24, 2.45) is 10.1 Å². The summed E-state index contributed by atoms with van der Waals surface area (Å²) in [4.78, 5) is 28.7. The van der Waals surface area contributed by atoms with E-state index < -0.39 is 15.6 Å². The van der Waals surface area contributed by atoms with Gasteiger partial charge < -0.3 is 20.5 Å². The SMILES string of the molecule is COCC(=O)Cc1cc(C(=O)NC(C)(C)COc2cccc3c2C(N)=NS(=O)(=O)C3)ccn1. The van der Waals surface area contributed by atoms with E-state index in [9.17, 15) is 18.0 Å². The third-order valence-corrected chi connectivity index (χ3v) is 5.90. The highest BCUT2D eigenvalue weighted by Crippen LogP contribution is 2.28. The molecule has 0 bridgehead atoms. The first kappa shape index (κ1) is 24.3. The van der Waals surface area contributed by atoms with Gasteiger partial charge in [-0.2, -0.15) is 0 Å². The minimum absolute atomic E-state index is 0.0210. The van der Waals surface area contributed by atoms with Crippen molar-refractivity contribution in [1.82, 2.24) is 10.3 Å². The van der Waals surface area contributed by atoms with Crippen LogP contribution in [0.1, 0.15) is 41.0 Å². The van der Waals surface area contributed by atoms with Gasteiger partial charge in [0.2, 0.25) is 0 Å². The molecule has 0 saturated carbocycles. The lowest BCUT2D eigenvalue weighted by atomic mass is 10.0. The summed E-state index contributed by atoms with van der Waals surface area (Å²) in [7, 11) is -2.21. The van der Waals surface area contributed by atoms with E-state index in [2.05, 4.69) is 14.7 Å². The zero-order valence-electron chi connectivity index (χ0n) is 18.6. The van der Waals surface area contributed by atoms with Crippen LogP contribution in [0, 0.1) is 0 Å². The number of fused-ring (bicyclic) bond motifs is 1. The summed E-state index contributed by atoms with van der Waals surface area (Å²) in [6, 6.07) is 8.12. The molecular weight excluding hydrogens is 448 g/mol. The van der Waals surface area contributed by atoms with Gasteiger partial charge in [-0.3, -0.25) is 14.6 Å². The summed E-state index contributed by atoms with van der Waals surface area (Å²) >= 11 is 0. The lowest BCUT2D eigenvalue weighted by Gasteiger charge is -2.27. The number of ether oxygens (including phenoxy) is 2. The van der Waals surface area contributed by atoms with Crippen molar-refractivity contribution in [3.8, 4) is 5.75 Å². The predicted octanol–water partition coefficient (Wildman–Crippen LogP) is 0.976. The maximum atomic E-state index is 12.8. The Balaban J connectivity index is 1.68. The Morgan fingerprint density at radius 1 is 1.24 bits per heavy atom. The number of carbonyl (C=O) groups is 2. The quantitative estimate of drug-likeness (QED) is 0.546. The van der Waals surface area contributed by atoms with Gasteiger partial charge in [-0.25, -0.2) is 8.42 Å². The van der Waals surface area contributed by atoms with Gasteiger partial charge in [-0.15, -0.1) is 4.40 Å². The number of rotatable bonds is 9. The van der Waals surface area contributed by atoms with Crippen LogP contribution in [0.25, 0.3) is 0 Å². The average Bonchev–Trinajstić information content (AvgIpc) is 2.71. The number of benzene rings is 1. The lowest BCUT2D eigenvalue weighted by molar-refractivity contribution is -0.122. The van der Waals surface area contributed by atoms with E-state index in [0.717, 1.165) is 0 Å². The highest BCUT2D eigenvalue weighted by atomic mass is 32.2. The number of aromatic nitrogens is 1. The molecule has 3 rings (SSSR count). The molecule has 2 heterocycles. The number of sulfonamides is 1. The molecule has 1 aromatic heterocycles. The zero-order valence-corrected chi connectivity index (χ0v) is 19.4. The highest BCUT2D eigenvalue weighted by Gasteiger charge is 2.27. The smallest absolute Gasteiger partial charge is 0.259 e. The number of methoxy groups -OCH3 is 1. The molecule has 0 spiro atoms. The second-order valence-corrected chi connectivity index (χ2v) is 9.94. The van der Waals surface area contributed by atoms with Crippen molar-refractivity contribution in [3.63, 3.8) is 0 Å². The maximum Gasteiger partial charge on any atom is 0.259 e. The normalized spacial score (nSPS) is 14.7. The molecule has 0 atom stereocenters. The number of Topliss-reactive ketones (excluding diaryl/α,β-unsaturated/α-hetero) is 1. The predicted molar refractivity (Wildman–Crippen MR) is 122 cm³/mol. The van der Waals surface area contributed by atoms with Gasteiger partial charge in [0.1, 0.15) is 24.8 Å². The molecule has 1 aromatic carbocycles. The number of amidine groups is 1. The Hall–Kier alpha value is -3.31. The Morgan fingerprint density at radius 3 is 2.73 bits per heavy atom. The van der Waals surface area contributed by atoms with Crippen molar-refractivity contribution in [3.05, 3.63) is 58.9 Å². The number of amides is 1. The van der Waals surface area contributed by atoms with Crippen LogP contribution in [0.3, 0.4) is 0 Å². The molecule has 3 N–H and O–H groups in total. The Labute approximate surface area is 192 Å². The first-order valence-corrected chi connectivity index (χ1v) is 11.7. The summed E-state index contributed by atoms with van der Waals surface area (Å²) in [6.07, 6.45) is 1.54. The van der Waals surface area contributed by atoms with Crippen molar-refractivity contribution in [1.29, 1.82) is 0 Å². The lowest BCUT2D eigenvalue weighted by Crippen LogP contribution is -2.48. The number of ketones is 1. The fraction of sp³-hybridized carbons (Fsp3) is 0.364. The molecule has 0 saturated heterocycles. The number of nitrogens with zero attached hydrogens (tertiary/aromatic N) is 2. The number of nitrogens with two attached hydrogens (primary N) is 1. The Bertz CT molecular complexity index is 1210. The fourth-order valence-electron chi connectivity index (χ4n) is 3.34.